The van der Waals surface area contributed by atoms with Gasteiger partial charge in [-0.1, -0.05) is 158 Å². The lowest BCUT2D eigenvalue weighted by molar-refractivity contribution is 0.669. The Hall–Kier alpha value is -7.57. The molecule has 0 fully saturated rings. The first-order valence-electron chi connectivity index (χ1n) is 18.2. The molecule has 10 rings (SSSR count). The van der Waals surface area contributed by atoms with Crippen molar-refractivity contribution in [2.45, 2.75) is 0 Å². The Kier molecular flexibility index (Phi) is 8.04. The Bertz CT molecular complexity index is 2900. The summed E-state index contributed by atoms with van der Waals surface area (Å²) in [6.45, 7) is 0. The van der Waals surface area contributed by atoms with Crippen LogP contribution in [0.3, 0.4) is 0 Å². The molecule has 0 spiro atoms. The van der Waals surface area contributed by atoms with E-state index in [2.05, 4.69) is 78.9 Å². The molecule has 0 aliphatic carbocycles. The molecule has 0 atom stereocenters. The first-order chi connectivity index (χ1) is 27.2. The molecule has 3 aromatic heterocycles. The molecular weight excluding hydrogens is 675 g/mol. The number of benzene rings is 7. The van der Waals surface area contributed by atoms with Crippen LogP contribution in [0.2, 0.25) is 0 Å². The molecule has 55 heavy (non-hydrogen) atoms. The molecule has 0 amide bonds. The van der Waals surface area contributed by atoms with Crippen LogP contribution in [0.4, 0.5) is 0 Å². The lowest BCUT2D eigenvalue weighted by Gasteiger charge is -2.11. The van der Waals surface area contributed by atoms with Crippen molar-refractivity contribution in [1.29, 1.82) is 0 Å². The minimum atomic E-state index is 0.621. The fourth-order valence-electron chi connectivity index (χ4n) is 6.95. The molecule has 10 aromatic rings. The van der Waals surface area contributed by atoms with Gasteiger partial charge in [0.15, 0.2) is 23.3 Å². The van der Waals surface area contributed by atoms with E-state index < -0.39 is 0 Å². The average Bonchev–Trinajstić information content (AvgIpc) is 3.65. The fourth-order valence-corrected chi connectivity index (χ4v) is 6.95. The van der Waals surface area contributed by atoms with E-state index in [1.165, 1.54) is 0 Å². The number of fused-ring (bicyclic) bond motifs is 3. The van der Waals surface area contributed by atoms with Gasteiger partial charge in [0.05, 0.1) is 11.4 Å². The van der Waals surface area contributed by atoms with Gasteiger partial charge in [-0.25, -0.2) is 24.9 Å². The second-order valence-electron chi connectivity index (χ2n) is 13.3. The highest BCUT2D eigenvalue weighted by Crippen LogP contribution is 2.35. The van der Waals surface area contributed by atoms with E-state index in [1.54, 1.807) is 0 Å². The lowest BCUT2D eigenvalue weighted by Crippen LogP contribution is -2.00. The van der Waals surface area contributed by atoms with Crippen LogP contribution in [-0.4, -0.2) is 24.9 Å². The summed E-state index contributed by atoms with van der Waals surface area (Å²) in [6.07, 6.45) is 0. The Labute approximate surface area is 317 Å². The third-order valence-corrected chi connectivity index (χ3v) is 9.77. The molecule has 7 aromatic carbocycles. The van der Waals surface area contributed by atoms with Gasteiger partial charge in [-0.3, -0.25) is 0 Å². The van der Waals surface area contributed by atoms with Gasteiger partial charge < -0.3 is 4.42 Å². The summed E-state index contributed by atoms with van der Waals surface area (Å²) < 4.78 is 6.24. The molecule has 0 aliphatic rings. The molecule has 0 radical (unpaired) electrons. The third-order valence-electron chi connectivity index (χ3n) is 9.77. The molecule has 0 bridgehead atoms. The summed E-state index contributed by atoms with van der Waals surface area (Å²) in [5.41, 5.74) is 11.2. The zero-order valence-corrected chi connectivity index (χ0v) is 29.5. The minimum Gasteiger partial charge on any atom is -0.456 e. The molecule has 6 heteroatoms. The fraction of sp³-hybridized carbons (Fsp3) is 0. The highest BCUT2D eigenvalue weighted by molar-refractivity contribution is 6.05. The van der Waals surface area contributed by atoms with Gasteiger partial charge in [-0.2, -0.15) is 0 Å². The predicted molar refractivity (Wildman–Crippen MR) is 221 cm³/mol. The summed E-state index contributed by atoms with van der Waals surface area (Å²) in [4.78, 5) is 24.8. The summed E-state index contributed by atoms with van der Waals surface area (Å²) in [5.74, 6) is 2.56. The maximum absolute atomic E-state index is 6.24. The van der Waals surface area contributed by atoms with Crippen LogP contribution in [0.25, 0.3) is 101 Å². The van der Waals surface area contributed by atoms with Crippen molar-refractivity contribution in [3.8, 4) is 79.2 Å². The molecule has 6 nitrogen and oxygen atoms in total. The average molecular weight is 706 g/mol. The van der Waals surface area contributed by atoms with E-state index in [1.807, 2.05) is 109 Å². The maximum Gasteiger partial charge on any atom is 0.164 e. The van der Waals surface area contributed by atoms with E-state index in [9.17, 15) is 0 Å². The number of para-hydroxylation sites is 1. The Morgan fingerprint density at radius 2 is 0.673 bits per heavy atom. The van der Waals surface area contributed by atoms with Crippen LogP contribution in [0.15, 0.2) is 192 Å². The van der Waals surface area contributed by atoms with Crippen LogP contribution in [-0.2, 0) is 0 Å². The number of aromatic nitrogens is 5. The standard InChI is InChI=1S/C49H31N5O/c1-4-13-33(14-5-1)46-50-42(31-43(51-46)39-27-28-41-40-21-10-11-22-44(40)55-45(41)30-39)38-20-12-19-37(29-38)32-23-25-36(26-24-32)49-53-47(34-15-6-2-7-16-34)52-48(54-49)35-17-8-3-9-18-35/h1-31H. The van der Waals surface area contributed by atoms with Gasteiger partial charge in [0.2, 0.25) is 0 Å². The largest absolute Gasteiger partial charge is 0.456 e. The molecule has 0 saturated heterocycles. The summed E-state index contributed by atoms with van der Waals surface area (Å²) >= 11 is 0. The van der Waals surface area contributed by atoms with Crippen molar-refractivity contribution in [3.05, 3.63) is 188 Å². The van der Waals surface area contributed by atoms with Gasteiger partial charge in [-0.15, -0.1) is 0 Å². The SMILES string of the molecule is c1ccc(-c2nc(-c3cccc(-c4ccc(-c5nc(-c6ccccc6)nc(-c6ccccc6)n5)cc4)c3)cc(-c3ccc4c(c3)oc3ccccc34)n2)cc1. The Balaban J connectivity index is 1.02. The van der Waals surface area contributed by atoms with E-state index in [-0.39, 0.29) is 0 Å². The zero-order chi connectivity index (χ0) is 36.6. The van der Waals surface area contributed by atoms with E-state index in [4.69, 9.17) is 29.3 Å². The van der Waals surface area contributed by atoms with E-state index in [0.717, 1.165) is 77.8 Å². The number of hydrogen-bond donors (Lipinski definition) is 0. The number of nitrogens with zero attached hydrogens (tertiary/aromatic N) is 5. The molecule has 258 valence electrons. The monoisotopic (exact) mass is 705 g/mol. The molecule has 0 aliphatic heterocycles. The molecule has 0 N–H and O–H groups in total. The van der Waals surface area contributed by atoms with Crippen LogP contribution in [0.1, 0.15) is 0 Å². The van der Waals surface area contributed by atoms with Crippen molar-refractivity contribution >= 4 is 21.9 Å². The Morgan fingerprint density at radius 1 is 0.255 bits per heavy atom. The van der Waals surface area contributed by atoms with Crippen molar-refractivity contribution in [2.24, 2.45) is 0 Å². The number of hydrogen-bond acceptors (Lipinski definition) is 6. The van der Waals surface area contributed by atoms with Gasteiger partial charge >= 0.3 is 0 Å². The maximum atomic E-state index is 6.24. The third kappa shape index (κ3) is 6.32. The van der Waals surface area contributed by atoms with E-state index >= 15 is 0 Å². The second-order valence-corrected chi connectivity index (χ2v) is 13.3. The smallest absolute Gasteiger partial charge is 0.164 e. The van der Waals surface area contributed by atoms with Crippen molar-refractivity contribution in [2.75, 3.05) is 0 Å². The quantitative estimate of drug-likeness (QED) is 0.164. The first-order valence-corrected chi connectivity index (χ1v) is 18.2. The molecular formula is C49H31N5O. The van der Waals surface area contributed by atoms with Gasteiger partial charge in [0.1, 0.15) is 11.2 Å². The first kappa shape index (κ1) is 32.1. The number of rotatable bonds is 7. The summed E-state index contributed by atoms with van der Waals surface area (Å²) in [6, 6.07) is 63.5. The number of furan rings is 1. The van der Waals surface area contributed by atoms with Crippen molar-refractivity contribution < 1.29 is 4.42 Å². The molecule has 0 saturated carbocycles. The zero-order valence-electron chi connectivity index (χ0n) is 29.5. The molecule has 3 heterocycles. The van der Waals surface area contributed by atoms with Gasteiger partial charge in [-0.05, 0) is 41.5 Å². The van der Waals surface area contributed by atoms with Crippen LogP contribution in [0, 0.1) is 0 Å². The second kappa shape index (κ2) is 13.8. The molecule has 0 unspecified atom stereocenters. The predicted octanol–water partition coefficient (Wildman–Crippen LogP) is 12.2. The van der Waals surface area contributed by atoms with Gasteiger partial charge in [0, 0.05) is 44.2 Å². The van der Waals surface area contributed by atoms with Crippen LogP contribution >= 0.6 is 0 Å². The summed E-state index contributed by atoms with van der Waals surface area (Å²) in [5, 5.41) is 2.18. The topological polar surface area (TPSA) is 77.6 Å². The minimum absolute atomic E-state index is 0.621. The van der Waals surface area contributed by atoms with E-state index in [0.29, 0.717) is 23.3 Å². The van der Waals surface area contributed by atoms with Crippen molar-refractivity contribution in [3.63, 3.8) is 0 Å². The highest BCUT2D eigenvalue weighted by Gasteiger charge is 2.15. The normalized spacial score (nSPS) is 11.3. The summed E-state index contributed by atoms with van der Waals surface area (Å²) in [7, 11) is 0. The highest BCUT2D eigenvalue weighted by atomic mass is 16.3. The van der Waals surface area contributed by atoms with Crippen LogP contribution in [0.5, 0.6) is 0 Å². The van der Waals surface area contributed by atoms with Crippen molar-refractivity contribution in [1.82, 2.24) is 24.9 Å². The lowest BCUT2D eigenvalue weighted by atomic mass is 9.99. The Morgan fingerprint density at radius 3 is 1.27 bits per heavy atom. The van der Waals surface area contributed by atoms with Gasteiger partial charge in [0.25, 0.3) is 0 Å². The van der Waals surface area contributed by atoms with Crippen LogP contribution < -0.4 is 0 Å².